The number of carbonyl (C=O) groups is 2. The molecule has 2 rings (SSSR count). The maximum atomic E-state index is 12.3. The molecule has 2 N–H and O–H groups in total. The van der Waals surface area contributed by atoms with Crippen molar-refractivity contribution in [2.24, 2.45) is 0 Å². The zero-order valence-corrected chi connectivity index (χ0v) is 14.3. The second-order valence-corrected chi connectivity index (χ2v) is 5.74. The highest BCUT2D eigenvalue weighted by Crippen LogP contribution is 2.20. The number of nitrogens with one attached hydrogen (secondary N) is 2. The molecule has 0 bridgehead atoms. The molecule has 0 spiro atoms. The van der Waals surface area contributed by atoms with Crippen molar-refractivity contribution in [2.45, 2.75) is 19.8 Å². The summed E-state index contributed by atoms with van der Waals surface area (Å²) in [5.41, 5.74) is 2.20. The van der Waals surface area contributed by atoms with E-state index in [0.29, 0.717) is 12.0 Å². The van der Waals surface area contributed by atoms with Crippen LogP contribution in [0.25, 0.3) is 0 Å². The molecule has 0 aliphatic heterocycles. The third-order valence-corrected chi connectivity index (χ3v) is 3.59. The van der Waals surface area contributed by atoms with Crippen LogP contribution in [0.1, 0.15) is 29.3 Å². The van der Waals surface area contributed by atoms with E-state index in [0.717, 1.165) is 16.5 Å². The third-order valence-electron chi connectivity index (χ3n) is 3.05. The average Bonchev–Trinajstić information content (AvgIpc) is 2.96. The van der Waals surface area contributed by atoms with Crippen LogP contribution in [0.4, 0.5) is 11.6 Å². The number of halogens is 1. The molecular weight excluding hydrogens is 395 g/mol. The quantitative estimate of drug-likeness (QED) is 0.559. The number of rotatable bonds is 6. The van der Waals surface area contributed by atoms with Gasteiger partial charge in [0, 0.05) is 16.5 Å². The molecule has 0 aliphatic rings. The number of benzene rings is 1. The second-order valence-electron chi connectivity index (χ2n) is 4.66. The fourth-order valence-electron chi connectivity index (χ4n) is 1.91. The Morgan fingerprint density at radius 1 is 1.23 bits per heavy atom. The fourth-order valence-corrected chi connectivity index (χ4v) is 2.53. The van der Waals surface area contributed by atoms with E-state index in [9.17, 15) is 9.59 Å². The third kappa shape index (κ3) is 4.33. The Hall–Kier alpha value is -1.83. The average molecular weight is 412 g/mol. The molecule has 116 valence electrons. The molecule has 1 heterocycles. The van der Waals surface area contributed by atoms with Crippen LogP contribution in [-0.4, -0.2) is 16.2 Å². The van der Waals surface area contributed by atoms with Gasteiger partial charge in [-0.05, 0) is 30.2 Å². The largest absolute Gasteiger partial charge is 0.448 e. The molecule has 0 saturated heterocycles. The van der Waals surface area contributed by atoms with E-state index < -0.39 is 0 Å². The van der Waals surface area contributed by atoms with Gasteiger partial charge < -0.3 is 9.73 Å². The summed E-state index contributed by atoms with van der Waals surface area (Å²) >= 11 is 2.32. The first-order valence-corrected chi connectivity index (χ1v) is 8.50. The number of carbonyl (C=O) groups excluding carboxylic acids is 2. The van der Waals surface area contributed by atoms with Crippen LogP contribution in [0.2, 0.25) is 0 Å². The van der Waals surface area contributed by atoms with Crippen molar-refractivity contribution in [3.63, 3.8) is 0 Å². The Bertz CT molecular complexity index is 667. The molecule has 2 aromatic rings. The molecule has 22 heavy (non-hydrogen) atoms. The number of anilines is 2. The summed E-state index contributed by atoms with van der Waals surface area (Å²) in [7, 11) is 0. The van der Waals surface area contributed by atoms with Crippen LogP contribution in [0.5, 0.6) is 0 Å². The van der Waals surface area contributed by atoms with Gasteiger partial charge in [0.15, 0.2) is 0 Å². The van der Waals surface area contributed by atoms with Crippen molar-refractivity contribution in [3.05, 3.63) is 47.7 Å². The molecule has 6 heteroatoms. The van der Waals surface area contributed by atoms with Gasteiger partial charge in [0.1, 0.15) is 5.56 Å². The van der Waals surface area contributed by atoms with Crippen molar-refractivity contribution in [1.82, 2.24) is 0 Å². The number of hydrogen-bond donors (Lipinski definition) is 2. The van der Waals surface area contributed by atoms with E-state index in [4.69, 9.17) is 4.42 Å². The monoisotopic (exact) mass is 412 g/mol. The molecule has 2 amide bonds. The maximum absolute atomic E-state index is 12.3. The van der Waals surface area contributed by atoms with Crippen LogP contribution in [0.15, 0.2) is 41.0 Å². The number of alkyl halides is 1. The van der Waals surface area contributed by atoms with Gasteiger partial charge in [0.05, 0.1) is 6.26 Å². The number of hydrogen-bond acceptors (Lipinski definition) is 3. The van der Waals surface area contributed by atoms with E-state index in [1.165, 1.54) is 17.9 Å². The summed E-state index contributed by atoms with van der Waals surface area (Å²) in [5.74, 6) is -0.340. The molecule has 5 nitrogen and oxygen atoms in total. The van der Waals surface area contributed by atoms with E-state index >= 15 is 0 Å². The van der Waals surface area contributed by atoms with E-state index in [-0.39, 0.29) is 17.7 Å². The first-order valence-electron chi connectivity index (χ1n) is 6.97. The van der Waals surface area contributed by atoms with Gasteiger partial charge >= 0.3 is 0 Å². The maximum Gasteiger partial charge on any atom is 0.261 e. The van der Waals surface area contributed by atoms with Crippen LogP contribution >= 0.6 is 22.6 Å². The standard InChI is InChI=1S/C16H17IN2O3/c1-2-14(20)19-16-13(7-9-22-16)15(21)18-12-5-3-4-11(10-12)6-8-17/h3-5,7,9-10H,2,6,8H2,1H3,(H,18,21)(H,19,20). The van der Waals surface area contributed by atoms with Crippen molar-refractivity contribution < 1.29 is 14.0 Å². The second kappa shape index (κ2) is 7.98. The molecule has 1 aromatic carbocycles. The molecule has 1 aromatic heterocycles. The minimum Gasteiger partial charge on any atom is -0.448 e. The highest BCUT2D eigenvalue weighted by molar-refractivity contribution is 14.1. The summed E-state index contributed by atoms with van der Waals surface area (Å²) in [6, 6.07) is 9.25. The lowest BCUT2D eigenvalue weighted by Gasteiger charge is -2.07. The van der Waals surface area contributed by atoms with Gasteiger partial charge in [-0.2, -0.15) is 0 Å². The van der Waals surface area contributed by atoms with E-state index in [1.54, 1.807) is 6.92 Å². The van der Waals surface area contributed by atoms with Gasteiger partial charge in [0.2, 0.25) is 11.8 Å². The van der Waals surface area contributed by atoms with Crippen LogP contribution < -0.4 is 10.6 Å². The predicted molar refractivity (Wildman–Crippen MR) is 94.6 cm³/mol. The lowest BCUT2D eigenvalue weighted by atomic mass is 10.1. The molecule has 0 saturated carbocycles. The van der Waals surface area contributed by atoms with Crippen LogP contribution in [-0.2, 0) is 11.2 Å². The van der Waals surface area contributed by atoms with Crippen LogP contribution in [0, 0.1) is 0 Å². The van der Waals surface area contributed by atoms with Gasteiger partial charge in [-0.3, -0.25) is 14.9 Å². The first-order chi connectivity index (χ1) is 10.6. The Labute approximate surface area is 142 Å². The van der Waals surface area contributed by atoms with E-state index in [2.05, 4.69) is 33.2 Å². The first kappa shape index (κ1) is 16.5. The Balaban J connectivity index is 2.11. The van der Waals surface area contributed by atoms with Crippen molar-refractivity contribution in [1.29, 1.82) is 0 Å². The highest BCUT2D eigenvalue weighted by Gasteiger charge is 2.16. The lowest BCUT2D eigenvalue weighted by molar-refractivity contribution is -0.116. The van der Waals surface area contributed by atoms with Gasteiger partial charge in [-0.1, -0.05) is 41.6 Å². The van der Waals surface area contributed by atoms with Gasteiger partial charge in [0.25, 0.3) is 5.91 Å². The summed E-state index contributed by atoms with van der Waals surface area (Å²) in [6.45, 7) is 1.73. The van der Waals surface area contributed by atoms with Gasteiger partial charge in [-0.15, -0.1) is 0 Å². The number of aryl methyl sites for hydroxylation is 1. The topological polar surface area (TPSA) is 71.3 Å². The molecule has 0 fully saturated rings. The normalized spacial score (nSPS) is 10.3. The summed E-state index contributed by atoms with van der Waals surface area (Å²) in [4.78, 5) is 23.7. The lowest BCUT2D eigenvalue weighted by Crippen LogP contribution is -2.16. The summed E-state index contributed by atoms with van der Waals surface area (Å²) in [6.07, 6.45) is 2.65. The smallest absolute Gasteiger partial charge is 0.261 e. The van der Waals surface area contributed by atoms with Crippen molar-refractivity contribution >= 4 is 46.0 Å². The zero-order valence-electron chi connectivity index (χ0n) is 12.2. The van der Waals surface area contributed by atoms with Gasteiger partial charge in [-0.25, -0.2) is 0 Å². The minimum atomic E-state index is -0.313. The molecular formula is C16H17IN2O3. The molecule has 0 radical (unpaired) electrons. The molecule has 0 unspecified atom stereocenters. The van der Waals surface area contributed by atoms with Crippen LogP contribution in [0.3, 0.4) is 0 Å². The number of furan rings is 1. The SMILES string of the molecule is CCC(=O)Nc1occc1C(=O)Nc1cccc(CCI)c1. The Morgan fingerprint density at radius 3 is 2.77 bits per heavy atom. The Morgan fingerprint density at radius 2 is 2.05 bits per heavy atom. The molecule has 0 aliphatic carbocycles. The highest BCUT2D eigenvalue weighted by atomic mass is 127. The molecule has 0 atom stereocenters. The zero-order chi connectivity index (χ0) is 15.9. The fraction of sp³-hybridized carbons (Fsp3) is 0.250. The van der Waals surface area contributed by atoms with Crippen molar-refractivity contribution in [2.75, 3.05) is 15.1 Å². The summed E-state index contributed by atoms with van der Waals surface area (Å²) in [5, 5.41) is 5.39. The van der Waals surface area contributed by atoms with E-state index in [1.807, 2.05) is 24.3 Å². The van der Waals surface area contributed by atoms with Crippen molar-refractivity contribution in [3.8, 4) is 0 Å². The number of amides is 2. The Kier molecular flexibility index (Phi) is 6.00. The predicted octanol–water partition coefficient (Wildman–Crippen LogP) is 3.86. The minimum absolute atomic E-state index is 0.174. The summed E-state index contributed by atoms with van der Waals surface area (Å²) < 4.78 is 6.18.